The molecule has 1 aliphatic heterocycles. The van der Waals surface area contributed by atoms with Crippen LogP contribution in [0.5, 0.6) is 0 Å². The number of nitrogens with one attached hydrogen (secondary N) is 1. The Kier molecular flexibility index (Phi) is 3.40. The molecular weight excluding hydrogens is 216 g/mol. The fraction of sp³-hybridized carbons (Fsp3) is 0.846. The minimum atomic E-state index is -0.626. The number of likely N-dealkylation sites (tertiary alicyclic amines) is 1. The quantitative estimate of drug-likeness (QED) is 0.760. The van der Waals surface area contributed by atoms with Gasteiger partial charge in [0.1, 0.15) is 0 Å². The zero-order valence-corrected chi connectivity index (χ0v) is 10.8. The molecule has 2 amide bonds. The molecule has 96 valence electrons. The largest absolute Gasteiger partial charge is 0.335 e. The average Bonchev–Trinajstić information content (AvgIpc) is 2.55. The Morgan fingerprint density at radius 3 is 2.47 bits per heavy atom. The number of urea groups is 1. The van der Waals surface area contributed by atoms with Crippen molar-refractivity contribution in [2.45, 2.75) is 64.0 Å². The van der Waals surface area contributed by atoms with Crippen LogP contribution in [-0.4, -0.2) is 34.8 Å². The van der Waals surface area contributed by atoms with E-state index < -0.39 is 5.54 Å². The molecule has 1 N–H and O–H groups in total. The second kappa shape index (κ2) is 4.67. The predicted molar refractivity (Wildman–Crippen MR) is 65.8 cm³/mol. The lowest BCUT2D eigenvalue weighted by Crippen LogP contribution is -2.53. The van der Waals surface area contributed by atoms with E-state index in [1.165, 1.54) is 19.3 Å². The van der Waals surface area contributed by atoms with Gasteiger partial charge in [-0.05, 0) is 26.7 Å². The fourth-order valence-corrected chi connectivity index (χ4v) is 2.80. The molecule has 0 bridgehead atoms. The van der Waals surface area contributed by atoms with Crippen LogP contribution in [0.4, 0.5) is 4.79 Å². The van der Waals surface area contributed by atoms with E-state index in [2.05, 4.69) is 5.32 Å². The standard InChI is InChI=1S/C13H22N2O2/c1-13(2)11(16)8-9-15(13)12(17)14-10-6-4-3-5-7-10/h10H,3-9H2,1-2H3,(H,14,17). The molecule has 4 nitrogen and oxygen atoms in total. The number of Topliss-reactive ketones (excluding diaryl/α,β-unsaturated/α-hetero) is 1. The van der Waals surface area contributed by atoms with Crippen LogP contribution in [0.2, 0.25) is 0 Å². The van der Waals surface area contributed by atoms with Crippen LogP contribution in [0.25, 0.3) is 0 Å². The van der Waals surface area contributed by atoms with Crippen molar-refractivity contribution < 1.29 is 9.59 Å². The molecule has 1 saturated heterocycles. The molecule has 17 heavy (non-hydrogen) atoms. The highest BCUT2D eigenvalue weighted by atomic mass is 16.2. The summed E-state index contributed by atoms with van der Waals surface area (Å²) in [5.41, 5.74) is -0.626. The number of hydrogen-bond acceptors (Lipinski definition) is 2. The van der Waals surface area contributed by atoms with Crippen LogP contribution in [0.15, 0.2) is 0 Å². The number of hydrogen-bond donors (Lipinski definition) is 1. The number of rotatable bonds is 1. The summed E-state index contributed by atoms with van der Waals surface area (Å²) in [4.78, 5) is 25.5. The number of carbonyl (C=O) groups is 2. The van der Waals surface area contributed by atoms with Gasteiger partial charge in [-0.15, -0.1) is 0 Å². The highest BCUT2D eigenvalue weighted by Crippen LogP contribution is 2.25. The molecule has 4 heteroatoms. The van der Waals surface area contributed by atoms with Gasteiger partial charge in [0.25, 0.3) is 0 Å². The second-order valence-electron chi connectivity index (χ2n) is 5.67. The summed E-state index contributed by atoms with van der Waals surface area (Å²) < 4.78 is 0. The van der Waals surface area contributed by atoms with Crippen molar-refractivity contribution in [3.05, 3.63) is 0 Å². The Morgan fingerprint density at radius 2 is 1.94 bits per heavy atom. The Bertz CT molecular complexity index is 319. The Labute approximate surface area is 103 Å². The number of amides is 2. The summed E-state index contributed by atoms with van der Waals surface area (Å²) in [6.07, 6.45) is 6.33. The molecule has 1 aliphatic carbocycles. The lowest BCUT2D eigenvalue weighted by Gasteiger charge is -2.32. The van der Waals surface area contributed by atoms with Crippen LogP contribution >= 0.6 is 0 Å². The molecule has 0 aromatic carbocycles. The molecule has 2 rings (SSSR count). The topological polar surface area (TPSA) is 49.4 Å². The second-order valence-corrected chi connectivity index (χ2v) is 5.67. The molecule has 0 aromatic heterocycles. The Balaban J connectivity index is 1.93. The van der Waals surface area contributed by atoms with Crippen molar-refractivity contribution in [2.24, 2.45) is 0 Å². The van der Waals surface area contributed by atoms with Gasteiger partial charge in [-0.25, -0.2) is 4.79 Å². The summed E-state index contributed by atoms with van der Waals surface area (Å²) in [5.74, 6) is 0.163. The average molecular weight is 238 g/mol. The Morgan fingerprint density at radius 1 is 1.29 bits per heavy atom. The normalized spacial score (nSPS) is 25.1. The van der Waals surface area contributed by atoms with Crippen LogP contribution in [0, 0.1) is 0 Å². The minimum absolute atomic E-state index is 0.0623. The molecule has 0 atom stereocenters. The minimum Gasteiger partial charge on any atom is -0.335 e. The lowest BCUT2D eigenvalue weighted by molar-refractivity contribution is -0.122. The maximum atomic E-state index is 12.1. The third kappa shape index (κ3) is 2.45. The van der Waals surface area contributed by atoms with E-state index in [0.717, 1.165) is 12.8 Å². The zero-order chi connectivity index (χ0) is 12.5. The molecular formula is C13H22N2O2. The fourth-order valence-electron chi connectivity index (χ4n) is 2.80. The molecule has 1 saturated carbocycles. The van der Waals surface area contributed by atoms with E-state index in [1.54, 1.807) is 4.90 Å². The maximum absolute atomic E-state index is 12.1. The lowest BCUT2D eigenvalue weighted by atomic mass is 9.95. The first-order valence-electron chi connectivity index (χ1n) is 6.63. The van der Waals surface area contributed by atoms with Gasteiger partial charge in [0.15, 0.2) is 5.78 Å². The third-order valence-corrected chi connectivity index (χ3v) is 4.10. The first kappa shape index (κ1) is 12.4. The highest BCUT2D eigenvalue weighted by molar-refractivity contribution is 5.95. The number of carbonyl (C=O) groups excluding carboxylic acids is 2. The van der Waals surface area contributed by atoms with Crippen molar-refractivity contribution in [1.29, 1.82) is 0 Å². The molecule has 2 aliphatic rings. The summed E-state index contributed by atoms with van der Waals surface area (Å²) in [6, 6.07) is 0.246. The van der Waals surface area contributed by atoms with Gasteiger partial charge in [-0.2, -0.15) is 0 Å². The molecule has 0 aromatic rings. The maximum Gasteiger partial charge on any atom is 0.318 e. The molecule has 0 unspecified atom stereocenters. The molecule has 2 fully saturated rings. The van der Waals surface area contributed by atoms with E-state index in [4.69, 9.17) is 0 Å². The van der Waals surface area contributed by atoms with Gasteiger partial charge in [-0.1, -0.05) is 19.3 Å². The first-order chi connectivity index (χ1) is 8.01. The summed E-state index contributed by atoms with van der Waals surface area (Å²) >= 11 is 0. The van der Waals surface area contributed by atoms with Crippen molar-refractivity contribution >= 4 is 11.8 Å². The first-order valence-corrected chi connectivity index (χ1v) is 6.63. The van der Waals surface area contributed by atoms with E-state index in [9.17, 15) is 9.59 Å². The predicted octanol–water partition coefficient (Wildman–Crippen LogP) is 2.08. The number of ketones is 1. The summed E-state index contributed by atoms with van der Waals surface area (Å²) in [5, 5.41) is 3.07. The highest BCUT2D eigenvalue weighted by Gasteiger charge is 2.43. The number of nitrogens with zero attached hydrogens (tertiary/aromatic N) is 1. The SMILES string of the molecule is CC1(C)C(=O)CCN1C(=O)NC1CCCCC1. The van der Waals surface area contributed by atoms with Crippen LogP contribution < -0.4 is 5.32 Å². The smallest absolute Gasteiger partial charge is 0.318 e. The summed E-state index contributed by atoms with van der Waals surface area (Å²) in [6.45, 7) is 4.23. The molecule has 0 radical (unpaired) electrons. The molecule has 0 spiro atoms. The van der Waals surface area contributed by atoms with Crippen molar-refractivity contribution in [2.75, 3.05) is 6.54 Å². The van der Waals surface area contributed by atoms with Gasteiger partial charge in [0.05, 0.1) is 5.54 Å². The van der Waals surface area contributed by atoms with Crippen molar-refractivity contribution in [3.8, 4) is 0 Å². The van der Waals surface area contributed by atoms with E-state index >= 15 is 0 Å². The van der Waals surface area contributed by atoms with Gasteiger partial charge < -0.3 is 10.2 Å². The van der Waals surface area contributed by atoms with Crippen LogP contribution in [-0.2, 0) is 4.79 Å². The van der Waals surface area contributed by atoms with E-state index in [1.807, 2.05) is 13.8 Å². The third-order valence-electron chi connectivity index (χ3n) is 4.10. The van der Waals surface area contributed by atoms with Crippen molar-refractivity contribution in [3.63, 3.8) is 0 Å². The van der Waals surface area contributed by atoms with E-state index in [-0.39, 0.29) is 11.8 Å². The zero-order valence-electron chi connectivity index (χ0n) is 10.8. The molecule has 1 heterocycles. The Hall–Kier alpha value is -1.06. The van der Waals surface area contributed by atoms with Gasteiger partial charge >= 0.3 is 6.03 Å². The van der Waals surface area contributed by atoms with Crippen LogP contribution in [0.3, 0.4) is 0 Å². The van der Waals surface area contributed by atoms with Gasteiger partial charge in [0, 0.05) is 19.0 Å². The van der Waals surface area contributed by atoms with E-state index in [0.29, 0.717) is 19.0 Å². The monoisotopic (exact) mass is 238 g/mol. The van der Waals surface area contributed by atoms with Crippen molar-refractivity contribution in [1.82, 2.24) is 10.2 Å². The summed E-state index contributed by atoms with van der Waals surface area (Å²) in [7, 11) is 0. The van der Waals surface area contributed by atoms with Crippen LogP contribution in [0.1, 0.15) is 52.4 Å². The van der Waals surface area contributed by atoms with Gasteiger partial charge in [-0.3, -0.25) is 4.79 Å². The van der Waals surface area contributed by atoms with Gasteiger partial charge in [0.2, 0.25) is 0 Å².